The number of para-hydroxylation sites is 1. The van der Waals surface area contributed by atoms with Crippen molar-refractivity contribution in [3.8, 4) is 0 Å². The molecule has 1 aromatic rings. The number of guanidine groups is 1. The summed E-state index contributed by atoms with van der Waals surface area (Å²) in [6.07, 6.45) is 0. The van der Waals surface area contributed by atoms with Gasteiger partial charge in [0.25, 0.3) is 0 Å². The summed E-state index contributed by atoms with van der Waals surface area (Å²) in [6, 6.07) is 5.37. The first-order valence-corrected chi connectivity index (χ1v) is 7.25. The number of benzene rings is 1. The molecule has 0 amide bonds. The third-order valence-electron chi connectivity index (χ3n) is 1.88. The van der Waals surface area contributed by atoms with Crippen molar-refractivity contribution in [2.75, 3.05) is 18.4 Å². The fourth-order valence-corrected chi connectivity index (χ4v) is 1.71. The number of rotatable bonds is 1. The van der Waals surface area contributed by atoms with Gasteiger partial charge in [0, 0.05) is 21.6 Å². The van der Waals surface area contributed by atoms with Crippen LogP contribution in [0.4, 0.5) is 5.69 Å². The van der Waals surface area contributed by atoms with Gasteiger partial charge in [-0.15, -0.1) is 0 Å². The molecule has 2 N–H and O–H groups in total. The Bertz CT molecular complexity index is 364. The standard InChI is InChI=1S/C9H9Cl2N3.BrCl/c10-6-2-1-3-7(11)8(6)14-9-12-4-5-13-9;1-2/h1-3H,4-5H2,(H2,12,13,14);. The Balaban J connectivity index is 0.000000606. The largest absolute Gasteiger partial charge is 0.354 e. The molecule has 0 atom stereocenters. The fraction of sp³-hybridized carbons (Fsp3) is 0.222. The Morgan fingerprint density at radius 3 is 2.38 bits per heavy atom. The average Bonchev–Trinajstić information content (AvgIpc) is 2.79. The fourth-order valence-electron chi connectivity index (χ4n) is 1.22. The van der Waals surface area contributed by atoms with E-state index < -0.39 is 0 Å². The van der Waals surface area contributed by atoms with Gasteiger partial charge < -0.3 is 10.6 Å². The number of anilines is 1. The third-order valence-corrected chi connectivity index (χ3v) is 2.51. The van der Waals surface area contributed by atoms with E-state index in [4.69, 9.17) is 23.2 Å². The van der Waals surface area contributed by atoms with E-state index in [1.54, 1.807) is 18.2 Å². The Labute approximate surface area is 117 Å². The Kier molecular flexibility index (Phi) is 6.28. The van der Waals surface area contributed by atoms with Crippen molar-refractivity contribution in [1.82, 2.24) is 5.32 Å². The first-order chi connectivity index (χ1) is 7.77. The van der Waals surface area contributed by atoms with Crippen molar-refractivity contribution in [2.45, 2.75) is 0 Å². The normalized spacial score (nSPS) is 13.4. The predicted octanol–water partition coefficient (Wildman–Crippen LogP) is 3.90. The van der Waals surface area contributed by atoms with Crippen LogP contribution in [-0.4, -0.2) is 19.0 Å². The zero-order chi connectivity index (χ0) is 12.0. The zero-order valence-corrected chi connectivity index (χ0v) is 12.0. The summed E-state index contributed by atoms with van der Waals surface area (Å²) in [5, 5.41) is 7.32. The highest BCUT2D eigenvalue weighted by molar-refractivity contribution is 9.22. The van der Waals surface area contributed by atoms with Crippen molar-refractivity contribution >= 4 is 60.0 Å². The van der Waals surface area contributed by atoms with E-state index in [9.17, 15) is 0 Å². The van der Waals surface area contributed by atoms with Crippen LogP contribution < -0.4 is 10.6 Å². The van der Waals surface area contributed by atoms with Gasteiger partial charge in [-0.1, -0.05) is 29.3 Å². The van der Waals surface area contributed by atoms with Gasteiger partial charge in [-0.05, 0) is 22.2 Å². The highest BCUT2D eigenvalue weighted by Gasteiger charge is 2.09. The quantitative estimate of drug-likeness (QED) is 0.810. The lowest BCUT2D eigenvalue weighted by molar-refractivity contribution is 0.959. The molecule has 0 saturated heterocycles. The van der Waals surface area contributed by atoms with E-state index in [1.165, 1.54) is 0 Å². The lowest BCUT2D eigenvalue weighted by Crippen LogP contribution is -2.26. The molecule has 7 heteroatoms. The maximum absolute atomic E-state index is 5.98. The van der Waals surface area contributed by atoms with Crippen molar-refractivity contribution < 1.29 is 0 Å². The second-order valence-electron chi connectivity index (χ2n) is 2.88. The molecule has 0 spiro atoms. The van der Waals surface area contributed by atoms with Crippen LogP contribution >= 0.6 is 48.3 Å². The highest BCUT2D eigenvalue weighted by Crippen LogP contribution is 2.29. The topological polar surface area (TPSA) is 36.4 Å². The van der Waals surface area contributed by atoms with Crippen LogP contribution in [0.3, 0.4) is 0 Å². The lowest BCUT2D eigenvalue weighted by atomic mass is 10.3. The third kappa shape index (κ3) is 3.70. The molecule has 0 fully saturated rings. The molecular weight excluding hydrogens is 336 g/mol. The number of halogens is 4. The van der Waals surface area contributed by atoms with Crippen LogP contribution in [0, 0.1) is 0 Å². The summed E-state index contributed by atoms with van der Waals surface area (Å²) in [7, 11) is 4.45. The minimum Gasteiger partial charge on any atom is -0.354 e. The van der Waals surface area contributed by atoms with Gasteiger partial charge in [-0.25, -0.2) is 0 Å². The number of nitrogens with one attached hydrogen (secondary N) is 2. The van der Waals surface area contributed by atoms with Gasteiger partial charge >= 0.3 is 0 Å². The van der Waals surface area contributed by atoms with E-state index in [2.05, 4.69) is 40.8 Å². The van der Waals surface area contributed by atoms with Crippen LogP contribution in [0.25, 0.3) is 0 Å². The molecule has 2 rings (SSSR count). The lowest BCUT2D eigenvalue weighted by Gasteiger charge is -2.09. The number of hydrogen-bond donors (Lipinski definition) is 2. The summed E-state index contributed by atoms with van der Waals surface area (Å²) in [4.78, 5) is 4.19. The van der Waals surface area contributed by atoms with Crippen molar-refractivity contribution in [1.29, 1.82) is 0 Å². The second-order valence-corrected chi connectivity index (χ2v) is 3.69. The molecule has 0 aliphatic carbocycles. The minimum atomic E-state index is 0.592. The van der Waals surface area contributed by atoms with Crippen LogP contribution in [0.15, 0.2) is 23.2 Å². The SMILES string of the molecule is ClBr.Clc1cccc(Cl)c1NC1=NCCN1. The Morgan fingerprint density at radius 1 is 1.25 bits per heavy atom. The zero-order valence-electron chi connectivity index (χ0n) is 8.11. The minimum absolute atomic E-state index is 0.592. The van der Waals surface area contributed by atoms with Crippen LogP contribution in [0.2, 0.25) is 10.0 Å². The molecule has 0 unspecified atom stereocenters. The molecule has 0 radical (unpaired) electrons. The van der Waals surface area contributed by atoms with Crippen molar-refractivity contribution in [3.05, 3.63) is 28.2 Å². The predicted molar refractivity (Wildman–Crippen MR) is 75.2 cm³/mol. The van der Waals surface area contributed by atoms with E-state index >= 15 is 0 Å². The second kappa shape index (κ2) is 7.22. The molecule has 0 bridgehead atoms. The summed E-state index contributed by atoms with van der Waals surface area (Å²) in [6.45, 7) is 1.63. The van der Waals surface area contributed by atoms with E-state index in [0.717, 1.165) is 19.0 Å². The molecule has 3 nitrogen and oxygen atoms in total. The smallest absolute Gasteiger partial charge is 0.196 e. The molecule has 16 heavy (non-hydrogen) atoms. The van der Waals surface area contributed by atoms with Gasteiger partial charge in [0.15, 0.2) is 5.96 Å². The number of nitrogens with zero attached hydrogens (tertiary/aromatic N) is 1. The van der Waals surface area contributed by atoms with Crippen LogP contribution in [-0.2, 0) is 0 Å². The summed E-state index contributed by atoms with van der Waals surface area (Å²) in [5.41, 5.74) is 0.698. The van der Waals surface area contributed by atoms with Crippen molar-refractivity contribution in [3.63, 3.8) is 0 Å². The molecule has 0 aromatic heterocycles. The molecule has 0 saturated carbocycles. The summed E-state index contributed by atoms with van der Waals surface area (Å²) in [5.74, 6) is 0.722. The molecule has 1 aromatic carbocycles. The van der Waals surface area contributed by atoms with E-state index in [1.807, 2.05) is 0 Å². The number of hydrogen-bond acceptors (Lipinski definition) is 3. The maximum atomic E-state index is 5.98. The molecule has 1 aliphatic rings. The molecule has 1 aliphatic heterocycles. The van der Waals surface area contributed by atoms with Crippen molar-refractivity contribution in [2.24, 2.45) is 4.99 Å². The number of aliphatic imine (C=N–C) groups is 1. The van der Waals surface area contributed by atoms with Gasteiger partial charge in [-0.2, -0.15) is 0 Å². The van der Waals surface area contributed by atoms with E-state index in [-0.39, 0.29) is 0 Å². The van der Waals surface area contributed by atoms with Gasteiger partial charge in [0.2, 0.25) is 0 Å². The first-order valence-electron chi connectivity index (χ1n) is 4.41. The average molecular weight is 345 g/mol. The van der Waals surface area contributed by atoms with Crippen LogP contribution in [0.1, 0.15) is 0 Å². The molecule has 1 heterocycles. The Hall–Kier alpha value is -0.160. The van der Waals surface area contributed by atoms with Gasteiger partial charge in [0.05, 0.1) is 22.3 Å². The first kappa shape index (κ1) is 13.9. The van der Waals surface area contributed by atoms with E-state index in [0.29, 0.717) is 15.7 Å². The molecular formula is C9H9BrCl3N3. The Morgan fingerprint density at radius 2 is 1.88 bits per heavy atom. The highest BCUT2D eigenvalue weighted by atomic mass is 79.9. The van der Waals surface area contributed by atoms with Gasteiger partial charge in [-0.3, -0.25) is 4.99 Å². The summed E-state index contributed by atoms with van der Waals surface area (Å²) < 4.78 is 0. The summed E-state index contributed by atoms with van der Waals surface area (Å²) >= 11 is 14.4. The molecule has 88 valence electrons. The van der Waals surface area contributed by atoms with Gasteiger partial charge in [0.1, 0.15) is 0 Å². The van der Waals surface area contributed by atoms with Crippen LogP contribution in [0.5, 0.6) is 0 Å². The monoisotopic (exact) mass is 343 g/mol. The maximum Gasteiger partial charge on any atom is 0.196 e.